The largest absolute Gasteiger partial charge is 0.370 e. The first kappa shape index (κ1) is 13.5. The lowest BCUT2D eigenvalue weighted by atomic mass is 9.78. The van der Waals surface area contributed by atoms with Crippen LogP contribution in [0.1, 0.15) is 38.2 Å². The van der Waals surface area contributed by atoms with Crippen molar-refractivity contribution < 1.29 is 0 Å². The van der Waals surface area contributed by atoms with E-state index in [1.165, 1.54) is 36.9 Å². The van der Waals surface area contributed by atoms with Gasteiger partial charge in [-0.05, 0) is 43.7 Å². The average molecular weight is 271 g/mol. The third-order valence-corrected chi connectivity index (χ3v) is 4.85. The summed E-state index contributed by atoms with van der Waals surface area (Å²) in [6, 6.07) is 9.11. The second-order valence-corrected chi connectivity index (χ2v) is 6.50. The zero-order chi connectivity index (χ0) is 14.1. The highest BCUT2D eigenvalue weighted by Gasteiger charge is 2.35. The lowest BCUT2D eigenvalue weighted by molar-refractivity contribution is 0.253. The number of anilines is 1. The molecule has 0 radical (unpaired) electrons. The van der Waals surface area contributed by atoms with Crippen LogP contribution in [0.5, 0.6) is 0 Å². The van der Waals surface area contributed by atoms with Crippen LogP contribution in [-0.2, 0) is 0 Å². The maximum Gasteiger partial charge on any atom is 0.196 e. The molecule has 1 aromatic rings. The highest BCUT2D eigenvalue weighted by molar-refractivity contribution is 5.97. The summed E-state index contributed by atoms with van der Waals surface area (Å²) in [5.74, 6) is 2.26. The van der Waals surface area contributed by atoms with Gasteiger partial charge < -0.3 is 10.6 Å². The molecule has 108 valence electrons. The van der Waals surface area contributed by atoms with Crippen molar-refractivity contribution in [3.05, 3.63) is 29.8 Å². The predicted octanol–water partition coefficient (Wildman–Crippen LogP) is 3.32. The molecule has 0 spiro atoms. The Labute approximate surface area is 121 Å². The number of rotatable bonds is 2. The van der Waals surface area contributed by atoms with Gasteiger partial charge in [0.1, 0.15) is 0 Å². The van der Waals surface area contributed by atoms with E-state index in [-0.39, 0.29) is 0 Å². The molecule has 1 heterocycles. The fourth-order valence-electron chi connectivity index (χ4n) is 3.73. The molecule has 20 heavy (non-hydrogen) atoms. The van der Waals surface area contributed by atoms with Gasteiger partial charge in [-0.2, -0.15) is 0 Å². The Hall–Kier alpha value is -1.51. The molecule has 3 heteroatoms. The lowest BCUT2D eigenvalue weighted by Crippen LogP contribution is -2.45. The van der Waals surface area contributed by atoms with Gasteiger partial charge in [0.25, 0.3) is 0 Å². The van der Waals surface area contributed by atoms with Crippen LogP contribution in [0, 0.1) is 18.8 Å². The molecule has 2 aliphatic rings. The highest BCUT2D eigenvalue weighted by atomic mass is 15.3. The quantitative estimate of drug-likeness (QED) is 0.896. The molecule has 3 nitrogen and oxygen atoms in total. The summed E-state index contributed by atoms with van der Waals surface area (Å²) < 4.78 is 0. The maximum absolute atomic E-state index is 6.16. The Kier molecular flexibility index (Phi) is 3.68. The summed E-state index contributed by atoms with van der Waals surface area (Å²) >= 11 is 0. The number of hydrogen-bond donors (Lipinski definition) is 1. The van der Waals surface area contributed by atoms with Crippen LogP contribution in [0.4, 0.5) is 5.69 Å². The first-order chi connectivity index (χ1) is 9.65. The number of nitrogens with two attached hydrogens (primary N) is 1. The molecule has 1 saturated carbocycles. The van der Waals surface area contributed by atoms with Crippen molar-refractivity contribution in [1.29, 1.82) is 0 Å². The van der Waals surface area contributed by atoms with Crippen molar-refractivity contribution in [2.45, 2.75) is 45.6 Å². The second kappa shape index (κ2) is 5.47. The molecular formula is C17H25N3. The van der Waals surface area contributed by atoms with Gasteiger partial charge in [0, 0.05) is 5.69 Å². The Morgan fingerprint density at radius 1 is 1.20 bits per heavy atom. The predicted molar refractivity (Wildman–Crippen MR) is 85.1 cm³/mol. The van der Waals surface area contributed by atoms with Crippen LogP contribution in [0.2, 0.25) is 0 Å². The molecule has 0 saturated heterocycles. The Morgan fingerprint density at radius 3 is 2.65 bits per heavy atom. The van der Waals surface area contributed by atoms with Crippen LogP contribution in [0.25, 0.3) is 0 Å². The van der Waals surface area contributed by atoms with Gasteiger partial charge in [-0.1, -0.05) is 37.5 Å². The summed E-state index contributed by atoms with van der Waals surface area (Å²) in [6.07, 6.45) is 5.37. The minimum absolute atomic E-state index is 0.459. The van der Waals surface area contributed by atoms with Gasteiger partial charge in [-0.25, -0.2) is 0 Å². The molecule has 3 unspecified atom stereocenters. The SMILES string of the molecule is Cc1ccc(N2C(N)=NCC2C2CCCC(C)C2)cc1. The van der Waals surface area contributed by atoms with E-state index in [1.807, 2.05) is 0 Å². The molecule has 1 fully saturated rings. The van der Waals surface area contributed by atoms with Crippen molar-refractivity contribution in [2.75, 3.05) is 11.4 Å². The number of hydrogen-bond acceptors (Lipinski definition) is 3. The molecule has 3 rings (SSSR count). The van der Waals surface area contributed by atoms with Crippen molar-refractivity contribution in [2.24, 2.45) is 22.6 Å². The monoisotopic (exact) mass is 271 g/mol. The van der Waals surface area contributed by atoms with Crippen molar-refractivity contribution in [1.82, 2.24) is 0 Å². The van der Waals surface area contributed by atoms with E-state index in [9.17, 15) is 0 Å². The maximum atomic E-state index is 6.16. The summed E-state index contributed by atoms with van der Waals surface area (Å²) in [5, 5.41) is 0. The van der Waals surface area contributed by atoms with E-state index in [0.717, 1.165) is 18.4 Å². The molecule has 1 aromatic carbocycles. The van der Waals surface area contributed by atoms with E-state index in [4.69, 9.17) is 5.73 Å². The summed E-state index contributed by atoms with van der Waals surface area (Å²) in [7, 11) is 0. The average Bonchev–Trinajstić information content (AvgIpc) is 2.82. The summed E-state index contributed by atoms with van der Waals surface area (Å²) in [4.78, 5) is 6.78. The van der Waals surface area contributed by atoms with Crippen molar-refractivity contribution in [3.8, 4) is 0 Å². The number of guanidine groups is 1. The number of nitrogens with zero attached hydrogens (tertiary/aromatic N) is 2. The Balaban J connectivity index is 1.82. The van der Waals surface area contributed by atoms with Crippen molar-refractivity contribution in [3.63, 3.8) is 0 Å². The van der Waals surface area contributed by atoms with E-state index >= 15 is 0 Å². The van der Waals surface area contributed by atoms with Gasteiger partial charge in [0.2, 0.25) is 0 Å². The zero-order valence-electron chi connectivity index (χ0n) is 12.5. The summed E-state index contributed by atoms with van der Waals surface area (Å²) in [5.41, 5.74) is 8.63. The van der Waals surface area contributed by atoms with E-state index in [1.54, 1.807) is 0 Å². The molecule has 0 amide bonds. The fraction of sp³-hybridized carbons (Fsp3) is 0.588. The highest BCUT2D eigenvalue weighted by Crippen LogP contribution is 2.36. The van der Waals surface area contributed by atoms with Crippen LogP contribution in [-0.4, -0.2) is 18.5 Å². The zero-order valence-corrected chi connectivity index (χ0v) is 12.5. The molecule has 1 aliphatic carbocycles. The van der Waals surface area contributed by atoms with Gasteiger partial charge in [-0.15, -0.1) is 0 Å². The standard InChI is InChI=1S/C17H25N3/c1-12-6-8-15(9-7-12)20-16(11-19-17(20)18)14-5-3-4-13(2)10-14/h6-9,13-14,16H,3-5,10-11H2,1-2H3,(H2,18,19). The summed E-state index contributed by atoms with van der Waals surface area (Å²) in [6.45, 7) is 5.35. The van der Waals surface area contributed by atoms with Gasteiger partial charge in [0.15, 0.2) is 5.96 Å². The lowest BCUT2D eigenvalue weighted by Gasteiger charge is -2.36. The molecule has 2 N–H and O–H groups in total. The van der Waals surface area contributed by atoms with Crippen LogP contribution < -0.4 is 10.6 Å². The normalized spacial score (nSPS) is 30.4. The van der Waals surface area contributed by atoms with E-state index in [2.05, 4.69) is 48.0 Å². The second-order valence-electron chi connectivity index (χ2n) is 6.50. The smallest absolute Gasteiger partial charge is 0.196 e. The fourth-order valence-corrected chi connectivity index (χ4v) is 3.73. The van der Waals surface area contributed by atoms with Gasteiger partial charge >= 0.3 is 0 Å². The number of aryl methyl sites for hydroxylation is 1. The number of aliphatic imine (C=N–C) groups is 1. The first-order valence-electron chi connectivity index (χ1n) is 7.81. The topological polar surface area (TPSA) is 41.6 Å². The Morgan fingerprint density at radius 2 is 1.95 bits per heavy atom. The van der Waals surface area contributed by atoms with Crippen LogP contribution in [0.3, 0.4) is 0 Å². The molecule has 1 aliphatic heterocycles. The minimum Gasteiger partial charge on any atom is -0.370 e. The third-order valence-electron chi connectivity index (χ3n) is 4.85. The van der Waals surface area contributed by atoms with Crippen molar-refractivity contribution >= 4 is 11.6 Å². The first-order valence-corrected chi connectivity index (χ1v) is 7.81. The molecule has 0 bridgehead atoms. The third kappa shape index (κ3) is 2.54. The van der Waals surface area contributed by atoms with E-state index in [0.29, 0.717) is 12.0 Å². The molecule has 0 aromatic heterocycles. The Bertz CT molecular complexity index is 491. The van der Waals surface area contributed by atoms with E-state index < -0.39 is 0 Å². The minimum atomic E-state index is 0.459. The number of benzene rings is 1. The molecule has 3 atom stereocenters. The van der Waals surface area contributed by atoms with Gasteiger partial charge in [0.05, 0.1) is 12.6 Å². The van der Waals surface area contributed by atoms with Gasteiger partial charge in [-0.3, -0.25) is 4.99 Å². The van der Waals surface area contributed by atoms with Crippen LogP contribution in [0.15, 0.2) is 29.3 Å². The van der Waals surface area contributed by atoms with Crippen LogP contribution >= 0.6 is 0 Å². The molecular weight excluding hydrogens is 246 g/mol.